The molecule has 82 valence electrons. The Morgan fingerprint density at radius 2 is 1.87 bits per heavy atom. The normalized spacial score (nSPS) is 17.8. The van der Waals surface area contributed by atoms with Crippen LogP contribution in [-0.2, 0) is 0 Å². The molecule has 0 radical (unpaired) electrons. The molecule has 0 spiro atoms. The van der Waals surface area contributed by atoms with Gasteiger partial charge in [0.15, 0.2) is 0 Å². The quantitative estimate of drug-likeness (QED) is 0.842. The Hall–Kier alpha value is -0.240. The van der Waals surface area contributed by atoms with Crippen molar-refractivity contribution in [2.24, 2.45) is 5.92 Å². The van der Waals surface area contributed by atoms with Crippen molar-refractivity contribution in [1.29, 1.82) is 0 Å². The van der Waals surface area contributed by atoms with Gasteiger partial charge in [-0.1, -0.05) is 42.1 Å². The average Bonchev–Trinajstić information content (AvgIpc) is 2.97. The summed E-state index contributed by atoms with van der Waals surface area (Å²) in [6.07, 6.45) is 3.93. The smallest absolute Gasteiger partial charge is 0.0819 e. The minimum Gasteiger partial charge on any atom is -0.388 e. The molecule has 15 heavy (non-hydrogen) atoms. The fourth-order valence-electron chi connectivity index (χ4n) is 1.77. The van der Waals surface area contributed by atoms with E-state index in [4.69, 9.17) is 23.2 Å². The molecule has 1 aliphatic carbocycles. The fourth-order valence-corrected chi connectivity index (χ4v) is 2.42. The van der Waals surface area contributed by atoms with Crippen molar-refractivity contribution in [3.63, 3.8) is 0 Å². The first-order valence-corrected chi connectivity index (χ1v) is 6.06. The molecule has 1 nitrogen and oxygen atoms in total. The lowest BCUT2D eigenvalue weighted by Crippen LogP contribution is -2.00. The topological polar surface area (TPSA) is 20.2 Å². The van der Waals surface area contributed by atoms with Crippen molar-refractivity contribution >= 4 is 23.2 Å². The Balaban J connectivity index is 2.05. The Morgan fingerprint density at radius 1 is 1.27 bits per heavy atom. The fraction of sp³-hybridized carbons (Fsp3) is 0.500. The first-order valence-electron chi connectivity index (χ1n) is 5.30. The van der Waals surface area contributed by atoms with Gasteiger partial charge in [0.1, 0.15) is 0 Å². The molecule has 1 fully saturated rings. The van der Waals surface area contributed by atoms with Gasteiger partial charge in [0.25, 0.3) is 0 Å². The minimum atomic E-state index is -0.521. The molecule has 1 atom stereocenters. The second-order valence-electron chi connectivity index (χ2n) is 4.17. The first kappa shape index (κ1) is 11.3. The third kappa shape index (κ3) is 2.87. The van der Waals surface area contributed by atoms with Crippen LogP contribution in [0, 0.1) is 5.92 Å². The Kier molecular flexibility index (Phi) is 3.55. The van der Waals surface area contributed by atoms with Crippen molar-refractivity contribution in [3.05, 3.63) is 33.8 Å². The molecule has 1 unspecified atom stereocenters. The van der Waals surface area contributed by atoms with Crippen LogP contribution in [0.25, 0.3) is 0 Å². The lowest BCUT2D eigenvalue weighted by atomic mass is 10.0. The van der Waals surface area contributed by atoms with Gasteiger partial charge < -0.3 is 5.11 Å². The van der Waals surface area contributed by atoms with Crippen LogP contribution in [0.2, 0.25) is 10.0 Å². The van der Waals surface area contributed by atoms with Gasteiger partial charge >= 0.3 is 0 Å². The lowest BCUT2D eigenvalue weighted by Gasteiger charge is -2.13. The molecular formula is C12H14Cl2O. The molecule has 3 heteroatoms. The Bertz CT molecular complexity index is 327. The highest BCUT2D eigenvalue weighted by molar-refractivity contribution is 6.36. The zero-order valence-electron chi connectivity index (χ0n) is 8.42. The largest absolute Gasteiger partial charge is 0.388 e. The summed E-state index contributed by atoms with van der Waals surface area (Å²) in [4.78, 5) is 0. The Morgan fingerprint density at radius 3 is 2.40 bits per heavy atom. The molecule has 1 aromatic rings. The van der Waals surface area contributed by atoms with Gasteiger partial charge in [0.05, 0.1) is 6.10 Å². The molecule has 0 aliphatic heterocycles. The van der Waals surface area contributed by atoms with Crippen molar-refractivity contribution in [2.45, 2.75) is 31.8 Å². The maximum absolute atomic E-state index is 9.99. The van der Waals surface area contributed by atoms with E-state index in [1.54, 1.807) is 18.2 Å². The van der Waals surface area contributed by atoms with Gasteiger partial charge in [-0.05, 0) is 30.9 Å². The highest BCUT2D eigenvalue weighted by atomic mass is 35.5. The second kappa shape index (κ2) is 4.73. The Labute approximate surface area is 100 Å². The van der Waals surface area contributed by atoms with E-state index in [2.05, 4.69) is 0 Å². The first-order chi connectivity index (χ1) is 7.18. The molecule has 2 rings (SSSR count). The third-order valence-corrected chi connectivity index (χ3v) is 3.54. The summed E-state index contributed by atoms with van der Waals surface area (Å²) < 4.78 is 0. The molecule has 0 saturated heterocycles. The third-order valence-electron chi connectivity index (χ3n) is 2.88. The van der Waals surface area contributed by atoms with Crippen LogP contribution in [0.15, 0.2) is 18.2 Å². The number of benzene rings is 1. The number of aliphatic hydroxyl groups is 1. The van der Waals surface area contributed by atoms with Gasteiger partial charge in [-0.2, -0.15) is 0 Å². The van der Waals surface area contributed by atoms with Crippen LogP contribution in [0.1, 0.15) is 37.4 Å². The van der Waals surface area contributed by atoms with Crippen LogP contribution < -0.4 is 0 Å². The van der Waals surface area contributed by atoms with Gasteiger partial charge in [0, 0.05) is 15.6 Å². The van der Waals surface area contributed by atoms with Crippen LogP contribution in [-0.4, -0.2) is 5.11 Å². The molecule has 1 aromatic carbocycles. The van der Waals surface area contributed by atoms with E-state index in [-0.39, 0.29) is 0 Å². The number of aliphatic hydroxyl groups excluding tert-OH is 1. The molecule has 1 saturated carbocycles. The number of halogens is 2. The predicted molar refractivity (Wildman–Crippen MR) is 63.4 cm³/mol. The highest BCUT2D eigenvalue weighted by Crippen LogP contribution is 2.38. The monoisotopic (exact) mass is 244 g/mol. The summed E-state index contributed by atoms with van der Waals surface area (Å²) in [5.74, 6) is 0.820. The SMILES string of the molecule is OC(CCC1CC1)c1c(Cl)cccc1Cl. The second-order valence-corrected chi connectivity index (χ2v) is 4.99. The lowest BCUT2D eigenvalue weighted by molar-refractivity contribution is 0.162. The van der Waals surface area contributed by atoms with Crippen LogP contribution in [0.5, 0.6) is 0 Å². The zero-order chi connectivity index (χ0) is 10.8. The van der Waals surface area contributed by atoms with Gasteiger partial charge in [-0.15, -0.1) is 0 Å². The summed E-state index contributed by atoms with van der Waals surface area (Å²) >= 11 is 12.0. The van der Waals surface area contributed by atoms with E-state index in [1.807, 2.05) is 0 Å². The van der Waals surface area contributed by atoms with E-state index in [0.29, 0.717) is 15.6 Å². The number of hydrogen-bond donors (Lipinski definition) is 1. The zero-order valence-corrected chi connectivity index (χ0v) is 9.93. The molecular weight excluding hydrogens is 231 g/mol. The minimum absolute atomic E-state index is 0.521. The summed E-state index contributed by atoms with van der Waals surface area (Å²) in [5.41, 5.74) is 0.682. The number of rotatable bonds is 4. The van der Waals surface area contributed by atoms with Crippen molar-refractivity contribution in [3.8, 4) is 0 Å². The molecule has 0 amide bonds. The van der Waals surface area contributed by atoms with Crippen molar-refractivity contribution in [1.82, 2.24) is 0 Å². The summed E-state index contributed by atoms with van der Waals surface area (Å²) in [5, 5.41) is 11.1. The average molecular weight is 245 g/mol. The summed E-state index contributed by atoms with van der Waals surface area (Å²) in [7, 11) is 0. The van der Waals surface area contributed by atoms with E-state index in [0.717, 1.165) is 18.8 Å². The van der Waals surface area contributed by atoms with Crippen LogP contribution >= 0.6 is 23.2 Å². The van der Waals surface area contributed by atoms with Crippen LogP contribution in [0.3, 0.4) is 0 Å². The maximum Gasteiger partial charge on any atom is 0.0819 e. The van der Waals surface area contributed by atoms with E-state index < -0.39 is 6.10 Å². The number of hydrogen-bond acceptors (Lipinski definition) is 1. The molecule has 0 heterocycles. The van der Waals surface area contributed by atoms with Crippen molar-refractivity contribution in [2.75, 3.05) is 0 Å². The molecule has 1 aliphatic rings. The summed E-state index contributed by atoms with van der Waals surface area (Å²) in [6, 6.07) is 5.33. The highest BCUT2D eigenvalue weighted by Gasteiger charge is 2.23. The summed E-state index contributed by atoms with van der Waals surface area (Å²) in [6.45, 7) is 0. The maximum atomic E-state index is 9.99. The predicted octanol–water partition coefficient (Wildman–Crippen LogP) is 4.22. The molecule has 1 N–H and O–H groups in total. The van der Waals surface area contributed by atoms with E-state index in [1.165, 1.54) is 12.8 Å². The van der Waals surface area contributed by atoms with Gasteiger partial charge in [0.2, 0.25) is 0 Å². The van der Waals surface area contributed by atoms with E-state index in [9.17, 15) is 5.11 Å². The van der Waals surface area contributed by atoms with Crippen LogP contribution in [0.4, 0.5) is 0 Å². The standard InChI is InChI=1S/C12H14Cl2O/c13-9-2-1-3-10(14)12(9)11(15)7-6-8-4-5-8/h1-3,8,11,15H,4-7H2. The van der Waals surface area contributed by atoms with Gasteiger partial charge in [-0.25, -0.2) is 0 Å². The molecule has 0 aromatic heterocycles. The van der Waals surface area contributed by atoms with Crippen molar-refractivity contribution < 1.29 is 5.11 Å². The van der Waals surface area contributed by atoms with E-state index >= 15 is 0 Å². The molecule has 0 bridgehead atoms. The van der Waals surface area contributed by atoms with Gasteiger partial charge in [-0.3, -0.25) is 0 Å².